The van der Waals surface area contributed by atoms with Crippen molar-refractivity contribution in [1.29, 1.82) is 0 Å². The van der Waals surface area contributed by atoms with Crippen molar-refractivity contribution in [3.63, 3.8) is 0 Å². The first-order valence-electron chi connectivity index (χ1n) is 6.75. The Hall–Kier alpha value is -2.11. The molecular formula is C14H18N2O4. The Balaban J connectivity index is 2.37. The van der Waals surface area contributed by atoms with Crippen molar-refractivity contribution in [2.45, 2.75) is 38.1 Å². The maximum absolute atomic E-state index is 11.1. The average molecular weight is 278 g/mol. The highest BCUT2D eigenvalue weighted by Crippen LogP contribution is 2.33. The van der Waals surface area contributed by atoms with Crippen LogP contribution in [0, 0.1) is 10.1 Å². The zero-order chi connectivity index (χ0) is 14.7. The highest BCUT2D eigenvalue weighted by Gasteiger charge is 2.25. The Morgan fingerprint density at radius 1 is 1.35 bits per heavy atom. The molecule has 6 heteroatoms. The standard InChI is InChI=1S/C14H18N2O4/c1-15(11-5-3-2-4-6-11)13-9-10(14(17)18)7-8-12(13)16(19)20/h7-9,11H,2-6H2,1H3,(H,17,18). The van der Waals surface area contributed by atoms with Gasteiger partial charge in [-0.1, -0.05) is 19.3 Å². The monoisotopic (exact) mass is 278 g/mol. The molecule has 0 radical (unpaired) electrons. The van der Waals surface area contributed by atoms with E-state index in [4.69, 9.17) is 5.11 Å². The summed E-state index contributed by atoms with van der Waals surface area (Å²) in [5, 5.41) is 20.2. The highest BCUT2D eigenvalue weighted by molar-refractivity contribution is 5.90. The first-order chi connectivity index (χ1) is 9.50. The van der Waals surface area contributed by atoms with Gasteiger partial charge in [-0.05, 0) is 25.0 Å². The third-order valence-electron chi connectivity index (χ3n) is 3.92. The van der Waals surface area contributed by atoms with E-state index in [-0.39, 0.29) is 17.3 Å². The number of nitro groups is 1. The van der Waals surface area contributed by atoms with Gasteiger partial charge in [0.1, 0.15) is 5.69 Å². The van der Waals surface area contributed by atoms with Gasteiger partial charge in [0, 0.05) is 19.2 Å². The van der Waals surface area contributed by atoms with Gasteiger partial charge in [0.15, 0.2) is 0 Å². The van der Waals surface area contributed by atoms with E-state index >= 15 is 0 Å². The van der Waals surface area contributed by atoms with Crippen LogP contribution in [0.3, 0.4) is 0 Å². The maximum atomic E-state index is 11.1. The van der Waals surface area contributed by atoms with E-state index in [1.165, 1.54) is 24.6 Å². The Morgan fingerprint density at radius 3 is 2.55 bits per heavy atom. The van der Waals surface area contributed by atoms with Gasteiger partial charge in [-0.15, -0.1) is 0 Å². The summed E-state index contributed by atoms with van der Waals surface area (Å²) in [6.45, 7) is 0. The van der Waals surface area contributed by atoms with Gasteiger partial charge >= 0.3 is 5.97 Å². The lowest BCUT2D eigenvalue weighted by Crippen LogP contribution is -2.33. The second-order valence-electron chi connectivity index (χ2n) is 5.17. The minimum atomic E-state index is -1.07. The molecule has 6 nitrogen and oxygen atoms in total. The lowest BCUT2D eigenvalue weighted by molar-refractivity contribution is -0.384. The van der Waals surface area contributed by atoms with Crippen LogP contribution < -0.4 is 4.90 Å². The predicted octanol–water partition coefficient (Wildman–Crippen LogP) is 3.06. The van der Waals surface area contributed by atoms with Crippen LogP contribution >= 0.6 is 0 Å². The molecule has 0 heterocycles. The number of carbonyl (C=O) groups is 1. The van der Waals surface area contributed by atoms with Gasteiger partial charge in [-0.2, -0.15) is 0 Å². The molecule has 0 amide bonds. The number of aromatic carboxylic acids is 1. The summed E-state index contributed by atoms with van der Waals surface area (Å²) in [4.78, 5) is 23.6. The topological polar surface area (TPSA) is 83.7 Å². The van der Waals surface area contributed by atoms with Gasteiger partial charge < -0.3 is 10.0 Å². The number of hydrogen-bond donors (Lipinski definition) is 1. The van der Waals surface area contributed by atoms with Crippen molar-refractivity contribution < 1.29 is 14.8 Å². The number of rotatable bonds is 4. The molecule has 0 spiro atoms. The summed E-state index contributed by atoms with van der Waals surface area (Å²) in [5.41, 5.74) is 0.429. The summed E-state index contributed by atoms with van der Waals surface area (Å²) in [5.74, 6) is -1.07. The molecule has 0 saturated heterocycles. The first-order valence-corrected chi connectivity index (χ1v) is 6.75. The van der Waals surface area contributed by atoms with Gasteiger partial charge in [0.2, 0.25) is 0 Å². The largest absolute Gasteiger partial charge is 0.478 e. The van der Waals surface area contributed by atoms with Crippen LogP contribution in [0.15, 0.2) is 18.2 Å². The molecule has 1 aromatic rings. The van der Waals surface area contributed by atoms with Crippen LogP contribution in [0.4, 0.5) is 11.4 Å². The lowest BCUT2D eigenvalue weighted by Gasteiger charge is -2.32. The van der Waals surface area contributed by atoms with Gasteiger partial charge in [-0.3, -0.25) is 10.1 Å². The van der Waals surface area contributed by atoms with E-state index in [0.29, 0.717) is 5.69 Å². The normalized spacial score (nSPS) is 15.8. The SMILES string of the molecule is CN(c1cc(C(=O)O)ccc1[N+](=O)[O-])C1CCCCC1. The molecule has 0 aromatic heterocycles. The summed E-state index contributed by atoms with van der Waals surface area (Å²) < 4.78 is 0. The average Bonchev–Trinajstić information content (AvgIpc) is 2.46. The third kappa shape index (κ3) is 2.89. The number of anilines is 1. The van der Waals surface area contributed by atoms with E-state index in [2.05, 4.69) is 0 Å². The molecule has 1 aliphatic carbocycles. The van der Waals surface area contributed by atoms with Crippen LogP contribution in [0.5, 0.6) is 0 Å². The van der Waals surface area contributed by atoms with Crippen LogP contribution in [-0.4, -0.2) is 29.1 Å². The summed E-state index contributed by atoms with van der Waals surface area (Å²) in [7, 11) is 1.81. The van der Waals surface area contributed by atoms with Gasteiger partial charge in [0.05, 0.1) is 10.5 Å². The lowest BCUT2D eigenvalue weighted by atomic mass is 9.94. The van der Waals surface area contributed by atoms with E-state index in [1.54, 1.807) is 0 Å². The Bertz CT molecular complexity index is 524. The molecule has 0 unspecified atom stereocenters. The quantitative estimate of drug-likeness (QED) is 0.676. The fourth-order valence-corrected chi connectivity index (χ4v) is 2.76. The Labute approximate surface area is 117 Å². The molecule has 20 heavy (non-hydrogen) atoms. The fraction of sp³-hybridized carbons (Fsp3) is 0.500. The van der Waals surface area contributed by atoms with E-state index in [9.17, 15) is 14.9 Å². The van der Waals surface area contributed by atoms with Crippen molar-refractivity contribution in [2.75, 3.05) is 11.9 Å². The third-order valence-corrected chi connectivity index (χ3v) is 3.92. The van der Waals surface area contributed by atoms with Crippen molar-refractivity contribution in [3.05, 3.63) is 33.9 Å². The predicted molar refractivity (Wildman–Crippen MR) is 75.3 cm³/mol. The van der Waals surface area contributed by atoms with E-state index in [0.717, 1.165) is 25.7 Å². The molecule has 1 N–H and O–H groups in total. The Morgan fingerprint density at radius 2 is 2.00 bits per heavy atom. The molecule has 0 bridgehead atoms. The summed E-state index contributed by atoms with van der Waals surface area (Å²) >= 11 is 0. The number of benzene rings is 1. The van der Waals surface area contributed by atoms with Gasteiger partial charge in [0.25, 0.3) is 5.69 Å². The molecule has 2 rings (SSSR count). The minimum absolute atomic E-state index is 0.0388. The van der Waals surface area contributed by atoms with Crippen LogP contribution in [0.1, 0.15) is 42.5 Å². The second-order valence-corrected chi connectivity index (χ2v) is 5.17. The van der Waals surface area contributed by atoms with Crippen molar-refractivity contribution in [1.82, 2.24) is 0 Å². The number of nitrogens with zero attached hydrogens (tertiary/aromatic N) is 2. The summed E-state index contributed by atoms with van der Waals surface area (Å²) in [6, 6.07) is 4.19. The molecule has 0 aliphatic heterocycles. The second kappa shape index (κ2) is 5.90. The van der Waals surface area contributed by atoms with Crippen LogP contribution in [0.2, 0.25) is 0 Å². The molecular weight excluding hydrogens is 260 g/mol. The zero-order valence-electron chi connectivity index (χ0n) is 11.4. The molecule has 0 atom stereocenters. The molecule has 1 aromatic carbocycles. The van der Waals surface area contributed by atoms with Crippen molar-refractivity contribution in [3.8, 4) is 0 Å². The molecule has 1 saturated carbocycles. The first kappa shape index (κ1) is 14.3. The van der Waals surface area contributed by atoms with E-state index < -0.39 is 10.9 Å². The highest BCUT2D eigenvalue weighted by atomic mass is 16.6. The zero-order valence-corrected chi connectivity index (χ0v) is 11.4. The van der Waals surface area contributed by atoms with Crippen LogP contribution in [-0.2, 0) is 0 Å². The number of nitro benzene ring substituents is 1. The number of carboxylic acids is 1. The van der Waals surface area contributed by atoms with Gasteiger partial charge in [-0.25, -0.2) is 4.79 Å². The smallest absolute Gasteiger partial charge is 0.335 e. The van der Waals surface area contributed by atoms with Crippen molar-refractivity contribution in [2.24, 2.45) is 0 Å². The maximum Gasteiger partial charge on any atom is 0.335 e. The van der Waals surface area contributed by atoms with Crippen LogP contribution in [0.25, 0.3) is 0 Å². The summed E-state index contributed by atoms with van der Waals surface area (Å²) in [6.07, 6.45) is 5.40. The van der Waals surface area contributed by atoms with E-state index in [1.807, 2.05) is 11.9 Å². The molecule has 1 fully saturated rings. The molecule has 108 valence electrons. The number of carboxylic acid groups (broad SMARTS) is 1. The minimum Gasteiger partial charge on any atom is -0.478 e. The number of hydrogen-bond acceptors (Lipinski definition) is 4. The van der Waals surface area contributed by atoms with Crippen molar-refractivity contribution >= 4 is 17.3 Å². The Kier molecular flexibility index (Phi) is 4.22. The fourth-order valence-electron chi connectivity index (χ4n) is 2.76. The molecule has 1 aliphatic rings.